The summed E-state index contributed by atoms with van der Waals surface area (Å²) in [5, 5.41) is 11.9. The van der Waals surface area contributed by atoms with Crippen molar-refractivity contribution in [1.82, 2.24) is 14.7 Å². The van der Waals surface area contributed by atoms with Crippen LogP contribution in [0.3, 0.4) is 0 Å². The van der Waals surface area contributed by atoms with Crippen molar-refractivity contribution in [3.63, 3.8) is 0 Å². The smallest absolute Gasteiger partial charge is 0.267 e. The highest BCUT2D eigenvalue weighted by atomic mass is 16.1. The maximum atomic E-state index is 13.4. The normalized spacial score (nSPS) is 14.8. The minimum Gasteiger partial charge on any atom is -0.356 e. The van der Waals surface area contributed by atoms with Gasteiger partial charge in [0.15, 0.2) is 0 Å². The molecule has 2 aromatic heterocycles. The summed E-state index contributed by atoms with van der Waals surface area (Å²) in [6.45, 7) is 3.43. The van der Waals surface area contributed by atoms with Gasteiger partial charge in [0, 0.05) is 26.3 Å². The van der Waals surface area contributed by atoms with Gasteiger partial charge in [-0.2, -0.15) is 5.26 Å². The van der Waals surface area contributed by atoms with E-state index in [4.69, 9.17) is 4.98 Å². The summed E-state index contributed by atoms with van der Waals surface area (Å²) in [5.74, 6) is 0.564. The van der Waals surface area contributed by atoms with Crippen molar-refractivity contribution in [2.24, 2.45) is 5.92 Å². The molecule has 1 fully saturated rings. The van der Waals surface area contributed by atoms with Crippen molar-refractivity contribution in [2.45, 2.75) is 26.2 Å². The minimum absolute atomic E-state index is 0.121. The molecule has 33 heavy (non-hydrogen) atoms. The second kappa shape index (κ2) is 9.70. The Kier molecular flexibility index (Phi) is 6.55. The van der Waals surface area contributed by atoms with Crippen LogP contribution in [-0.4, -0.2) is 35.4 Å². The van der Waals surface area contributed by atoms with Gasteiger partial charge in [0.1, 0.15) is 23.1 Å². The van der Waals surface area contributed by atoms with Gasteiger partial charge in [-0.3, -0.25) is 14.0 Å². The molecular formula is C26H27N5O2. The molecule has 3 aromatic rings. The molecule has 1 aliphatic heterocycles. The van der Waals surface area contributed by atoms with Crippen LogP contribution in [0.4, 0.5) is 5.82 Å². The van der Waals surface area contributed by atoms with Crippen LogP contribution in [0, 0.1) is 24.2 Å². The fourth-order valence-corrected chi connectivity index (χ4v) is 4.39. The topological polar surface area (TPSA) is 90.5 Å². The Hall–Kier alpha value is -3.92. The lowest BCUT2D eigenvalue weighted by Crippen LogP contribution is -2.37. The fraction of sp³-hybridized carbons (Fsp3) is 0.308. The second-order valence-electron chi connectivity index (χ2n) is 8.41. The maximum Gasteiger partial charge on any atom is 0.267 e. The molecule has 1 amide bonds. The number of hydrogen-bond acceptors (Lipinski definition) is 5. The van der Waals surface area contributed by atoms with E-state index in [1.54, 1.807) is 12.3 Å². The molecular weight excluding hydrogens is 414 g/mol. The highest BCUT2D eigenvalue weighted by molar-refractivity contribution is 6.02. The fourth-order valence-electron chi connectivity index (χ4n) is 4.39. The number of amides is 1. The number of piperidine rings is 1. The number of rotatable bonds is 5. The summed E-state index contributed by atoms with van der Waals surface area (Å²) in [5.41, 5.74) is 2.66. The Bertz CT molecular complexity index is 1300. The Morgan fingerprint density at radius 2 is 1.94 bits per heavy atom. The van der Waals surface area contributed by atoms with Crippen LogP contribution >= 0.6 is 0 Å². The van der Waals surface area contributed by atoms with Gasteiger partial charge in [-0.25, -0.2) is 4.98 Å². The van der Waals surface area contributed by atoms with E-state index in [1.165, 1.54) is 23.1 Å². The number of nitrogens with zero attached hydrogens (tertiary/aromatic N) is 4. The largest absolute Gasteiger partial charge is 0.356 e. The summed E-state index contributed by atoms with van der Waals surface area (Å²) in [4.78, 5) is 32.5. The lowest BCUT2D eigenvalue weighted by molar-refractivity contribution is -0.116. The lowest BCUT2D eigenvalue weighted by atomic mass is 9.90. The predicted octanol–water partition coefficient (Wildman–Crippen LogP) is 3.12. The van der Waals surface area contributed by atoms with Crippen LogP contribution in [0.25, 0.3) is 11.7 Å². The van der Waals surface area contributed by atoms with Gasteiger partial charge < -0.3 is 10.2 Å². The molecule has 7 nitrogen and oxygen atoms in total. The molecule has 3 heterocycles. The third-order valence-corrected chi connectivity index (χ3v) is 6.23. The van der Waals surface area contributed by atoms with Crippen molar-refractivity contribution in [3.05, 3.63) is 81.3 Å². The molecule has 1 aliphatic rings. The molecule has 4 rings (SSSR count). The van der Waals surface area contributed by atoms with Crippen LogP contribution in [0.2, 0.25) is 0 Å². The van der Waals surface area contributed by atoms with Crippen LogP contribution < -0.4 is 15.8 Å². The number of pyridine rings is 1. The zero-order chi connectivity index (χ0) is 23.4. The molecule has 0 saturated carbocycles. The third-order valence-electron chi connectivity index (χ3n) is 6.23. The van der Waals surface area contributed by atoms with Gasteiger partial charge in [0.25, 0.3) is 11.5 Å². The van der Waals surface area contributed by atoms with Gasteiger partial charge in [0.2, 0.25) is 0 Å². The predicted molar refractivity (Wildman–Crippen MR) is 129 cm³/mol. The van der Waals surface area contributed by atoms with Crippen molar-refractivity contribution in [1.29, 1.82) is 5.26 Å². The third kappa shape index (κ3) is 4.65. The summed E-state index contributed by atoms with van der Waals surface area (Å²) in [7, 11) is 1.46. The maximum absolute atomic E-state index is 13.4. The Morgan fingerprint density at radius 3 is 2.61 bits per heavy atom. The van der Waals surface area contributed by atoms with Crippen molar-refractivity contribution < 1.29 is 4.79 Å². The van der Waals surface area contributed by atoms with E-state index in [2.05, 4.69) is 34.5 Å². The summed E-state index contributed by atoms with van der Waals surface area (Å²) in [6.07, 6.45) is 6.02. The van der Waals surface area contributed by atoms with E-state index in [0.717, 1.165) is 37.9 Å². The molecule has 0 radical (unpaired) electrons. The van der Waals surface area contributed by atoms with Gasteiger partial charge in [-0.1, -0.05) is 36.4 Å². The number of nitriles is 1. The van der Waals surface area contributed by atoms with Gasteiger partial charge in [-0.05, 0) is 55.4 Å². The average Bonchev–Trinajstić information content (AvgIpc) is 2.84. The monoisotopic (exact) mass is 441 g/mol. The molecule has 1 N–H and O–H groups in total. The molecule has 0 spiro atoms. The number of aryl methyl sites for hydroxylation is 1. The first kappa shape index (κ1) is 22.3. The highest BCUT2D eigenvalue weighted by Gasteiger charge is 2.25. The van der Waals surface area contributed by atoms with Crippen LogP contribution in [0.15, 0.2) is 59.0 Å². The number of aromatic nitrogens is 2. The van der Waals surface area contributed by atoms with Gasteiger partial charge >= 0.3 is 0 Å². The van der Waals surface area contributed by atoms with Gasteiger partial charge in [0.05, 0.1) is 5.56 Å². The Balaban J connectivity index is 1.71. The number of nitrogens with one attached hydrogen (secondary N) is 1. The molecule has 0 unspecified atom stereocenters. The van der Waals surface area contributed by atoms with E-state index in [1.807, 2.05) is 25.1 Å². The highest BCUT2D eigenvalue weighted by Crippen LogP contribution is 2.27. The van der Waals surface area contributed by atoms with Crippen LogP contribution in [-0.2, 0) is 11.2 Å². The number of carbonyl (C=O) groups is 1. The van der Waals surface area contributed by atoms with Crippen LogP contribution in [0.5, 0.6) is 0 Å². The van der Waals surface area contributed by atoms with Crippen molar-refractivity contribution in [3.8, 4) is 6.07 Å². The zero-order valence-corrected chi connectivity index (χ0v) is 18.9. The van der Waals surface area contributed by atoms with E-state index in [0.29, 0.717) is 17.4 Å². The molecule has 7 heteroatoms. The molecule has 1 aromatic carbocycles. The quantitative estimate of drug-likeness (QED) is 0.485. The number of benzene rings is 1. The molecule has 0 aliphatic carbocycles. The Labute approximate surface area is 193 Å². The van der Waals surface area contributed by atoms with Crippen LogP contribution in [0.1, 0.15) is 29.5 Å². The Morgan fingerprint density at radius 1 is 1.21 bits per heavy atom. The SMILES string of the molecule is CNC(=O)C(C#N)=Cc1c(N2CCC(Cc3ccccc3)CC2)nc2c(C)cccn2c1=O. The molecule has 0 bridgehead atoms. The zero-order valence-electron chi connectivity index (χ0n) is 18.9. The minimum atomic E-state index is -0.529. The van der Waals surface area contributed by atoms with E-state index < -0.39 is 5.91 Å². The first-order valence-electron chi connectivity index (χ1n) is 11.2. The number of fused-ring (bicyclic) bond motifs is 1. The van der Waals surface area contributed by atoms with E-state index in [-0.39, 0.29) is 16.7 Å². The van der Waals surface area contributed by atoms with E-state index >= 15 is 0 Å². The first-order chi connectivity index (χ1) is 16.0. The molecule has 0 atom stereocenters. The standard InChI is InChI=1S/C26H27N5O2/c1-18-7-6-12-31-23(18)29-24(22(26(31)33)16-21(17-27)25(32)28-2)30-13-10-20(11-14-30)15-19-8-4-3-5-9-19/h3-9,12,16,20H,10-11,13-15H2,1-2H3,(H,28,32). The van der Waals surface area contributed by atoms with Crippen molar-refractivity contribution >= 4 is 23.4 Å². The lowest BCUT2D eigenvalue weighted by Gasteiger charge is -2.33. The molecule has 1 saturated heterocycles. The number of carbonyl (C=O) groups excluding carboxylic acids is 1. The van der Waals surface area contributed by atoms with Crippen molar-refractivity contribution in [2.75, 3.05) is 25.0 Å². The van der Waals surface area contributed by atoms with Gasteiger partial charge in [-0.15, -0.1) is 0 Å². The number of anilines is 1. The second-order valence-corrected chi connectivity index (χ2v) is 8.41. The molecule has 168 valence electrons. The summed E-state index contributed by atoms with van der Waals surface area (Å²) >= 11 is 0. The number of likely N-dealkylation sites (N-methyl/N-ethyl adjacent to an activating group) is 1. The summed E-state index contributed by atoms with van der Waals surface area (Å²) < 4.78 is 1.48. The summed E-state index contributed by atoms with van der Waals surface area (Å²) in [6, 6.07) is 16.1. The first-order valence-corrected chi connectivity index (χ1v) is 11.2. The number of hydrogen-bond donors (Lipinski definition) is 1. The average molecular weight is 442 g/mol. The van der Waals surface area contributed by atoms with E-state index in [9.17, 15) is 14.9 Å².